The van der Waals surface area contributed by atoms with Gasteiger partial charge in [0.15, 0.2) is 0 Å². The number of likely N-dealkylation sites (tertiary alicyclic amines) is 1. The highest BCUT2D eigenvalue weighted by atomic mass is 35.5. The molecule has 1 aromatic rings. The fraction of sp³-hybridized carbons (Fsp3) is 0.600. The summed E-state index contributed by atoms with van der Waals surface area (Å²) in [5.41, 5.74) is 0. The number of nitrogens with zero attached hydrogens (tertiary/aromatic N) is 1. The largest absolute Gasteiger partial charge is 0.294 e. The Morgan fingerprint density at radius 2 is 2.43 bits per heavy atom. The Kier molecular flexibility index (Phi) is 3.72. The van der Waals surface area contributed by atoms with Gasteiger partial charge in [-0.25, -0.2) is 0 Å². The molecule has 1 aromatic heterocycles. The highest BCUT2D eigenvalue weighted by molar-refractivity contribution is 7.10. The standard InChI is InChI=1S/C10H13Cl2NS/c11-6-8-2-1-4-13(8)7-10-9(12)3-5-14-10/h3,5,8H,1-2,4,6-7H2. The molecule has 0 radical (unpaired) electrons. The second-order valence-electron chi connectivity index (χ2n) is 3.61. The van der Waals surface area contributed by atoms with E-state index in [0.717, 1.165) is 24.0 Å². The minimum atomic E-state index is 0.551. The summed E-state index contributed by atoms with van der Waals surface area (Å²) in [6.45, 7) is 2.12. The van der Waals surface area contributed by atoms with Crippen LogP contribution in [0.5, 0.6) is 0 Å². The normalized spacial score (nSPS) is 23.1. The minimum Gasteiger partial charge on any atom is -0.294 e. The van der Waals surface area contributed by atoms with Crippen molar-refractivity contribution in [3.8, 4) is 0 Å². The van der Waals surface area contributed by atoms with Crippen LogP contribution in [0.25, 0.3) is 0 Å². The maximum Gasteiger partial charge on any atom is 0.0558 e. The Morgan fingerprint density at radius 1 is 1.57 bits per heavy atom. The van der Waals surface area contributed by atoms with Crippen molar-refractivity contribution in [1.29, 1.82) is 0 Å². The van der Waals surface area contributed by atoms with Crippen LogP contribution in [0.15, 0.2) is 11.4 Å². The molecule has 0 spiro atoms. The molecule has 1 atom stereocenters. The van der Waals surface area contributed by atoms with Crippen LogP contribution >= 0.6 is 34.5 Å². The quantitative estimate of drug-likeness (QED) is 0.741. The maximum absolute atomic E-state index is 6.06. The zero-order valence-corrected chi connectivity index (χ0v) is 10.2. The zero-order chi connectivity index (χ0) is 9.97. The molecular formula is C10H13Cl2NS. The summed E-state index contributed by atoms with van der Waals surface area (Å²) in [6.07, 6.45) is 2.49. The third-order valence-electron chi connectivity index (χ3n) is 2.71. The lowest BCUT2D eigenvalue weighted by Gasteiger charge is -2.21. The van der Waals surface area contributed by atoms with E-state index in [2.05, 4.69) is 4.90 Å². The molecule has 4 heteroatoms. The zero-order valence-electron chi connectivity index (χ0n) is 7.88. The van der Waals surface area contributed by atoms with Gasteiger partial charge in [0.2, 0.25) is 0 Å². The number of rotatable bonds is 3. The summed E-state index contributed by atoms with van der Waals surface area (Å²) in [6, 6.07) is 2.52. The summed E-state index contributed by atoms with van der Waals surface area (Å²) in [4.78, 5) is 3.70. The van der Waals surface area contributed by atoms with Gasteiger partial charge in [-0.1, -0.05) is 11.6 Å². The lowest BCUT2D eigenvalue weighted by atomic mass is 10.2. The fourth-order valence-corrected chi connectivity index (χ4v) is 3.37. The smallest absolute Gasteiger partial charge is 0.0558 e. The molecule has 1 fully saturated rings. The van der Waals surface area contributed by atoms with Gasteiger partial charge in [0.05, 0.1) is 5.02 Å². The van der Waals surface area contributed by atoms with E-state index in [-0.39, 0.29) is 0 Å². The predicted molar refractivity (Wildman–Crippen MR) is 63.5 cm³/mol. The van der Waals surface area contributed by atoms with Gasteiger partial charge in [0.1, 0.15) is 0 Å². The Morgan fingerprint density at radius 3 is 3.07 bits per heavy atom. The van der Waals surface area contributed by atoms with E-state index >= 15 is 0 Å². The third-order valence-corrected chi connectivity index (χ3v) is 4.44. The molecule has 1 aliphatic rings. The van der Waals surface area contributed by atoms with Gasteiger partial charge in [-0.15, -0.1) is 22.9 Å². The summed E-state index contributed by atoms with van der Waals surface area (Å²) in [5, 5.41) is 2.94. The molecule has 2 heterocycles. The van der Waals surface area contributed by atoms with E-state index in [1.54, 1.807) is 11.3 Å². The van der Waals surface area contributed by atoms with Crippen LogP contribution in [-0.4, -0.2) is 23.4 Å². The first-order valence-electron chi connectivity index (χ1n) is 4.83. The lowest BCUT2D eigenvalue weighted by molar-refractivity contribution is 0.265. The fourth-order valence-electron chi connectivity index (χ4n) is 1.90. The number of thiophene rings is 1. The molecule has 1 unspecified atom stereocenters. The van der Waals surface area contributed by atoms with Gasteiger partial charge < -0.3 is 0 Å². The summed E-state index contributed by atoms with van der Waals surface area (Å²) in [7, 11) is 0. The molecule has 0 N–H and O–H groups in total. The van der Waals surface area contributed by atoms with Gasteiger partial charge in [-0.05, 0) is 30.8 Å². The maximum atomic E-state index is 6.06. The molecule has 0 bridgehead atoms. The van der Waals surface area contributed by atoms with Gasteiger partial charge in [0, 0.05) is 23.3 Å². The van der Waals surface area contributed by atoms with E-state index in [1.807, 2.05) is 11.4 Å². The average Bonchev–Trinajstić information content (AvgIpc) is 2.77. The molecule has 0 aromatic carbocycles. The summed E-state index contributed by atoms with van der Waals surface area (Å²) in [5.74, 6) is 0.739. The highest BCUT2D eigenvalue weighted by Gasteiger charge is 2.24. The third kappa shape index (κ3) is 2.25. The van der Waals surface area contributed by atoms with Gasteiger partial charge in [-0.2, -0.15) is 0 Å². The molecule has 2 rings (SSSR count). The van der Waals surface area contributed by atoms with Crippen LogP contribution in [0, 0.1) is 0 Å². The molecule has 0 aliphatic carbocycles. The predicted octanol–water partition coefficient (Wildman–Crippen LogP) is 3.60. The van der Waals surface area contributed by atoms with E-state index in [9.17, 15) is 0 Å². The number of halogens is 2. The SMILES string of the molecule is ClCC1CCCN1Cc1sccc1Cl. The van der Waals surface area contributed by atoms with Crippen LogP contribution < -0.4 is 0 Å². The second kappa shape index (κ2) is 4.84. The van der Waals surface area contributed by atoms with Crippen molar-refractivity contribution in [2.45, 2.75) is 25.4 Å². The summed E-state index contributed by atoms with van der Waals surface area (Å²) < 4.78 is 0. The molecule has 78 valence electrons. The van der Waals surface area contributed by atoms with E-state index < -0.39 is 0 Å². The Hall–Kier alpha value is 0.240. The molecular weight excluding hydrogens is 237 g/mol. The van der Waals surface area contributed by atoms with Crippen molar-refractivity contribution in [1.82, 2.24) is 4.90 Å². The Labute approximate surface area is 98.6 Å². The van der Waals surface area contributed by atoms with E-state index in [4.69, 9.17) is 23.2 Å². The number of hydrogen-bond donors (Lipinski definition) is 0. The van der Waals surface area contributed by atoms with Gasteiger partial charge in [0.25, 0.3) is 0 Å². The highest BCUT2D eigenvalue weighted by Crippen LogP contribution is 2.27. The minimum absolute atomic E-state index is 0.551. The summed E-state index contributed by atoms with van der Waals surface area (Å²) >= 11 is 13.7. The lowest BCUT2D eigenvalue weighted by Crippen LogP contribution is -2.29. The van der Waals surface area contributed by atoms with E-state index in [0.29, 0.717) is 6.04 Å². The van der Waals surface area contributed by atoms with Crippen molar-refractivity contribution in [2.24, 2.45) is 0 Å². The van der Waals surface area contributed by atoms with Crippen molar-refractivity contribution in [2.75, 3.05) is 12.4 Å². The van der Waals surface area contributed by atoms with Crippen LogP contribution in [0.3, 0.4) is 0 Å². The average molecular weight is 250 g/mol. The molecule has 1 aliphatic heterocycles. The van der Waals surface area contributed by atoms with Crippen LogP contribution in [0.4, 0.5) is 0 Å². The van der Waals surface area contributed by atoms with Crippen molar-refractivity contribution in [3.63, 3.8) is 0 Å². The Balaban J connectivity index is 2.00. The number of alkyl halides is 1. The van der Waals surface area contributed by atoms with Crippen molar-refractivity contribution < 1.29 is 0 Å². The van der Waals surface area contributed by atoms with E-state index in [1.165, 1.54) is 17.7 Å². The second-order valence-corrected chi connectivity index (χ2v) is 5.33. The van der Waals surface area contributed by atoms with Crippen LogP contribution in [0.2, 0.25) is 5.02 Å². The van der Waals surface area contributed by atoms with Gasteiger partial charge >= 0.3 is 0 Å². The Bertz CT molecular complexity index is 300. The molecule has 0 amide bonds. The molecule has 1 nitrogen and oxygen atoms in total. The first-order chi connectivity index (χ1) is 6.81. The first kappa shape index (κ1) is 10.7. The van der Waals surface area contributed by atoms with Crippen molar-refractivity contribution >= 4 is 34.5 Å². The monoisotopic (exact) mass is 249 g/mol. The number of hydrogen-bond acceptors (Lipinski definition) is 2. The van der Waals surface area contributed by atoms with Crippen LogP contribution in [-0.2, 0) is 6.54 Å². The topological polar surface area (TPSA) is 3.24 Å². The van der Waals surface area contributed by atoms with Crippen LogP contribution in [0.1, 0.15) is 17.7 Å². The molecule has 1 saturated heterocycles. The molecule has 14 heavy (non-hydrogen) atoms. The first-order valence-corrected chi connectivity index (χ1v) is 6.62. The van der Waals surface area contributed by atoms with Gasteiger partial charge in [-0.3, -0.25) is 4.90 Å². The van der Waals surface area contributed by atoms with Crippen molar-refractivity contribution in [3.05, 3.63) is 21.3 Å². The molecule has 0 saturated carbocycles.